The van der Waals surface area contributed by atoms with Crippen LogP contribution in [0.4, 0.5) is 0 Å². The molecular weight excluding hydrogens is 330 g/mol. The van der Waals surface area contributed by atoms with Crippen LogP contribution in [0.2, 0.25) is 0 Å². The van der Waals surface area contributed by atoms with Gasteiger partial charge in [-0.2, -0.15) is 5.21 Å². The van der Waals surface area contributed by atoms with Crippen molar-refractivity contribution in [1.82, 2.24) is 25.9 Å². The Morgan fingerprint density at radius 2 is 1.77 bits per heavy atom. The molecule has 0 unspecified atom stereocenters. The van der Waals surface area contributed by atoms with Crippen molar-refractivity contribution in [3.63, 3.8) is 0 Å². The van der Waals surface area contributed by atoms with Crippen LogP contribution < -0.4 is 5.32 Å². The number of tetrazole rings is 1. The van der Waals surface area contributed by atoms with Crippen molar-refractivity contribution in [2.45, 2.75) is 18.9 Å². The highest BCUT2D eigenvalue weighted by Gasteiger charge is 2.16. The summed E-state index contributed by atoms with van der Waals surface area (Å²) in [5, 5.41) is 16.9. The number of amides is 1. The van der Waals surface area contributed by atoms with Crippen LogP contribution in [0.5, 0.6) is 0 Å². The van der Waals surface area contributed by atoms with Crippen LogP contribution >= 0.6 is 0 Å². The molecule has 1 saturated heterocycles. The molecule has 2 aromatic carbocycles. The number of rotatable bonds is 5. The molecule has 0 saturated carbocycles. The number of nitrogens with one attached hydrogen (secondary N) is 2. The van der Waals surface area contributed by atoms with Crippen LogP contribution in [0.1, 0.15) is 23.2 Å². The van der Waals surface area contributed by atoms with Crippen LogP contribution in [0.3, 0.4) is 0 Å². The molecule has 2 heterocycles. The van der Waals surface area contributed by atoms with E-state index in [0.29, 0.717) is 17.9 Å². The molecule has 0 bridgehead atoms. The van der Waals surface area contributed by atoms with Gasteiger partial charge in [0.25, 0.3) is 5.91 Å². The third kappa shape index (κ3) is 3.62. The summed E-state index contributed by atoms with van der Waals surface area (Å²) in [6, 6.07) is 15.5. The monoisotopic (exact) mass is 349 g/mol. The van der Waals surface area contributed by atoms with Gasteiger partial charge in [-0.3, -0.25) is 4.79 Å². The Morgan fingerprint density at radius 1 is 1.08 bits per heavy atom. The minimum absolute atomic E-state index is 0.0699. The van der Waals surface area contributed by atoms with Gasteiger partial charge >= 0.3 is 0 Å². The van der Waals surface area contributed by atoms with Gasteiger partial charge < -0.3 is 10.1 Å². The van der Waals surface area contributed by atoms with Crippen molar-refractivity contribution in [3.05, 3.63) is 54.1 Å². The van der Waals surface area contributed by atoms with Crippen LogP contribution in [0.25, 0.3) is 22.5 Å². The molecule has 7 heteroatoms. The van der Waals surface area contributed by atoms with Crippen molar-refractivity contribution < 1.29 is 9.53 Å². The number of aromatic nitrogens is 4. The van der Waals surface area contributed by atoms with Crippen LogP contribution in [0, 0.1) is 0 Å². The second-order valence-corrected chi connectivity index (χ2v) is 6.24. The summed E-state index contributed by atoms with van der Waals surface area (Å²) in [5.74, 6) is 0.495. The molecule has 1 aliphatic heterocycles. The molecule has 1 atom stereocenters. The molecule has 1 aliphatic rings. The molecule has 0 radical (unpaired) electrons. The van der Waals surface area contributed by atoms with Crippen molar-refractivity contribution in [2.75, 3.05) is 13.2 Å². The number of hydrogen-bond donors (Lipinski definition) is 2. The largest absolute Gasteiger partial charge is 0.376 e. The van der Waals surface area contributed by atoms with Crippen molar-refractivity contribution >= 4 is 5.91 Å². The molecule has 2 N–H and O–H groups in total. The zero-order chi connectivity index (χ0) is 17.8. The number of ether oxygens (including phenoxy) is 1. The van der Waals surface area contributed by atoms with E-state index in [4.69, 9.17) is 4.74 Å². The normalized spacial score (nSPS) is 16.5. The lowest BCUT2D eigenvalue weighted by atomic mass is 10.0. The van der Waals surface area contributed by atoms with Gasteiger partial charge in [0.15, 0.2) is 0 Å². The van der Waals surface area contributed by atoms with Crippen LogP contribution in [0.15, 0.2) is 48.5 Å². The van der Waals surface area contributed by atoms with E-state index in [2.05, 4.69) is 25.9 Å². The van der Waals surface area contributed by atoms with E-state index in [-0.39, 0.29) is 12.0 Å². The first kappa shape index (κ1) is 16.4. The lowest BCUT2D eigenvalue weighted by Gasteiger charge is -2.11. The number of H-pyrrole nitrogens is 1. The SMILES string of the molecule is O=C(NC[C@H]1CCCO1)c1ccc(-c2ccc(-c3nn[nH]n3)cc2)cc1. The highest BCUT2D eigenvalue weighted by molar-refractivity contribution is 5.94. The Hall–Kier alpha value is -3.06. The second-order valence-electron chi connectivity index (χ2n) is 6.24. The van der Waals surface area contributed by atoms with Gasteiger partial charge in [0, 0.05) is 24.3 Å². The van der Waals surface area contributed by atoms with E-state index in [1.807, 2.05) is 48.5 Å². The van der Waals surface area contributed by atoms with Gasteiger partial charge in [0.1, 0.15) is 0 Å². The topological polar surface area (TPSA) is 92.8 Å². The molecule has 0 aliphatic carbocycles. The summed E-state index contributed by atoms with van der Waals surface area (Å²) in [6.07, 6.45) is 2.23. The average molecular weight is 349 g/mol. The quantitative estimate of drug-likeness (QED) is 0.738. The Morgan fingerprint density at radius 3 is 2.38 bits per heavy atom. The minimum atomic E-state index is -0.0699. The minimum Gasteiger partial charge on any atom is -0.376 e. The highest BCUT2D eigenvalue weighted by Crippen LogP contribution is 2.23. The van der Waals surface area contributed by atoms with E-state index < -0.39 is 0 Å². The summed E-state index contributed by atoms with van der Waals surface area (Å²) in [5.41, 5.74) is 3.65. The van der Waals surface area contributed by atoms with Crippen molar-refractivity contribution in [3.8, 4) is 22.5 Å². The van der Waals surface area contributed by atoms with Gasteiger partial charge in [0.2, 0.25) is 5.82 Å². The van der Waals surface area contributed by atoms with Gasteiger partial charge in [-0.1, -0.05) is 36.4 Å². The van der Waals surface area contributed by atoms with E-state index in [1.165, 1.54) is 0 Å². The first-order chi connectivity index (χ1) is 12.8. The zero-order valence-electron chi connectivity index (χ0n) is 14.2. The molecule has 3 aromatic rings. The summed E-state index contributed by atoms with van der Waals surface area (Å²) in [7, 11) is 0. The molecule has 132 valence electrons. The summed E-state index contributed by atoms with van der Waals surface area (Å²) in [4.78, 5) is 12.2. The molecule has 1 fully saturated rings. The maximum Gasteiger partial charge on any atom is 0.251 e. The Balaban J connectivity index is 1.41. The van der Waals surface area contributed by atoms with E-state index in [9.17, 15) is 4.79 Å². The third-order valence-corrected chi connectivity index (χ3v) is 4.48. The average Bonchev–Trinajstić information content (AvgIpc) is 3.40. The number of carbonyl (C=O) groups is 1. The lowest BCUT2D eigenvalue weighted by molar-refractivity contribution is 0.0858. The lowest BCUT2D eigenvalue weighted by Crippen LogP contribution is -2.31. The second kappa shape index (κ2) is 7.45. The first-order valence-corrected chi connectivity index (χ1v) is 8.64. The number of hydrogen-bond acceptors (Lipinski definition) is 5. The molecule has 0 spiro atoms. The molecular formula is C19H19N5O2. The Bertz CT molecular complexity index is 854. The molecule has 1 amide bonds. The standard InChI is InChI=1S/C19H19N5O2/c25-19(20-12-17-2-1-11-26-17)16-9-5-14(6-10-16)13-3-7-15(8-4-13)18-21-23-24-22-18/h3-10,17H,1-2,11-12H2,(H,20,25)(H,21,22,23,24)/t17-/m1/s1. The predicted octanol–water partition coefficient (Wildman–Crippen LogP) is 2.44. The first-order valence-electron chi connectivity index (χ1n) is 8.64. The maximum atomic E-state index is 12.2. The van der Waals surface area contributed by atoms with Gasteiger partial charge in [-0.15, -0.1) is 10.2 Å². The summed E-state index contributed by atoms with van der Waals surface area (Å²) >= 11 is 0. The number of carbonyl (C=O) groups excluding carboxylic acids is 1. The Kier molecular flexibility index (Phi) is 4.70. The summed E-state index contributed by atoms with van der Waals surface area (Å²) < 4.78 is 5.52. The van der Waals surface area contributed by atoms with Gasteiger partial charge in [-0.25, -0.2) is 0 Å². The number of benzene rings is 2. The predicted molar refractivity (Wildman–Crippen MR) is 96.4 cm³/mol. The fraction of sp³-hybridized carbons (Fsp3) is 0.263. The highest BCUT2D eigenvalue weighted by atomic mass is 16.5. The molecule has 4 rings (SSSR count). The molecule has 7 nitrogen and oxygen atoms in total. The summed E-state index contributed by atoms with van der Waals surface area (Å²) in [6.45, 7) is 1.36. The van der Waals surface area contributed by atoms with E-state index in [0.717, 1.165) is 36.1 Å². The molecule has 1 aromatic heterocycles. The fourth-order valence-corrected chi connectivity index (χ4v) is 3.02. The van der Waals surface area contributed by atoms with E-state index in [1.54, 1.807) is 0 Å². The van der Waals surface area contributed by atoms with Crippen molar-refractivity contribution in [2.24, 2.45) is 0 Å². The third-order valence-electron chi connectivity index (χ3n) is 4.48. The number of nitrogens with zero attached hydrogens (tertiary/aromatic N) is 3. The maximum absolute atomic E-state index is 12.2. The smallest absolute Gasteiger partial charge is 0.251 e. The van der Waals surface area contributed by atoms with Crippen molar-refractivity contribution in [1.29, 1.82) is 0 Å². The zero-order valence-corrected chi connectivity index (χ0v) is 14.2. The van der Waals surface area contributed by atoms with Gasteiger partial charge in [0.05, 0.1) is 6.10 Å². The number of aromatic amines is 1. The van der Waals surface area contributed by atoms with Crippen LogP contribution in [-0.2, 0) is 4.74 Å². The molecule has 26 heavy (non-hydrogen) atoms. The van der Waals surface area contributed by atoms with E-state index >= 15 is 0 Å². The fourth-order valence-electron chi connectivity index (χ4n) is 3.02. The van der Waals surface area contributed by atoms with Crippen LogP contribution in [-0.4, -0.2) is 45.8 Å². The van der Waals surface area contributed by atoms with Gasteiger partial charge in [-0.05, 0) is 41.3 Å². The Labute approximate surface area is 150 Å².